The largest absolute Gasteiger partial charge is 0.481 e. The number of allylic oxidation sites excluding steroid dienone is 3. The standard InChI is InChI=1S/C20H25NO4/c1-5-6-14-13(3)16-11-25-20(24)18(16)19(21-4)15(14)9-7-12(2)8-10-17(22)23/h5,7,21H,1,6,8-11H2,2-4H3,(H,22,23). The summed E-state index contributed by atoms with van der Waals surface area (Å²) in [6.07, 6.45) is 5.88. The van der Waals surface area contributed by atoms with Crippen molar-refractivity contribution in [1.29, 1.82) is 0 Å². The van der Waals surface area contributed by atoms with Crippen LogP contribution in [0.25, 0.3) is 0 Å². The Kier molecular flexibility index (Phi) is 6.02. The van der Waals surface area contributed by atoms with Gasteiger partial charge in [0.05, 0.1) is 11.3 Å². The van der Waals surface area contributed by atoms with E-state index in [1.54, 1.807) is 7.05 Å². The fourth-order valence-corrected chi connectivity index (χ4v) is 3.27. The number of fused-ring (bicyclic) bond motifs is 1. The molecule has 2 N–H and O–H groups in total. The topological polar surface area (TPSA) is 75.6 Å². The normalized spacial score (nSPS) is 13.4. The number of esters is 1. The van der Waals surface area contributed by atoms with Crippen molar-refractivity contribution in [2.24, 2.45) is 0 Å². The minimum Gasteiger partial charge on any atom is -0.481 e. The van der Waals surface area contributed by atoms with E-state index in [9.17, 15) is 9.59 Å². The van der Waals surface area contributed by atoms with Crippen LogP contribution in [-0.2, 0) is 29.0 Å². The van der Waals surface area contributed by atoms with Crippen molar-refractivity contribution in [2.45, 2.75) is 46.1 Å². The van der Waals surface area contributed by atoms with Crippen LogP contribution in [0.2, 0.25) is 0 Å². The average molecular weight is 343 g/mol. The van der Waals surface area contributed by atoms with Gasteiger partial charge >= 0.3 is 11.9 Å². The summed E-state index contributed by atoms with van der Waals surface area (Å²) < 4.78 is 5.24. The summed E-state index contributed by atoms with van der Waals surface area (Å²) in [6.45, 7) is 8.11. The van der Waals surface area contributed by atoms with E-state index in [1.807, 2.05) is 26.0 Å². The number of hydrogen-bond donors (Lipinski definition) is 2. The molecule has 1 heterocycles. The zero-order valence-electron chi connectivity index (χ0n) is 15.1. The van der Waals surface area contributed by atoms with Crippen LogP contribution in [0, 0.1) is 6.92 Å². The summed E-state index contributed by atoms with van der Waals surface area (Å²) in [6, 6.07) is 0. The van der Waals surface area contributed by atoms with Crippen molar-refractivity contribution in [1.82, 2.24) is 0 Å². The molecule has 1 aromatic rings. The number of carbonyl (C=O) groups is 2. The Labute approximate surface area is 148 Å². The Bertz CT molecular complexity index is 747. The first-order valence-corrected chi connectivity index (χ1v) is 8.41. The number of benzene rings is 1. The Morgan fingerprint density at radius 1 is 1.32 bits per heavy atom. The zero-order valence-corrected chi connectivity index (χ0v) is 15.1. The lowest BCUT2D eigenvalue weighted by Gasteiger charge is -2.19. The number of carbonyl (C=O) groups excluding carboxylic acids is 1. The maximum atomic E-state index is 12.2. The lowest BCUT2D eigenvalue weighted by atomic mass is 9.87. The molecule has 0 bridgehead atoms. The number of nitrogens with one attached hydrogen (secondary N) is 1. The molecule has 0 saturated carbocycles. The molecule has 1 aliphatic heterocycles. The van der Waals surface area contributed by atoms with E-state index in [0.29, 0.717) is 31.4 Å². The summed E-state index contributed by atoms with van der Waals surface area (Å²) in [7, 11) is 1.80. The zero-order chi connectivity index (χ0) is 18.6. The van der Waals surface area contributed by atoms with Crippen LogP contribution in [-0.4, -0.2) is 24.1 Å². The second kappa shape index (κ2) is 8.01. The number of aliphatic carboxylic acids is 1. The summed E-state index contributed by atoms with van der Waals surface area (Å²) in [5.41, 5.74) is 6.68. The second-order valence-corrected chi connectivity index (χ2v) is 6.28. The van der Waals surface area contributed by atoms with Crippen molar-refractivity contribution in [2.75, 3.05) is 12.4 Å². The quantitative estimate of drug-likeness (QED) is 0.555. The highest BCUT2D eigenvalue weighted by Crippen LogP contribution is 2.37. The molecule has 0 amide bonds. The average Bonchev–Trinajstić information content (AvgIpc) is 2.96. The molecule has 1 aromatic carbocycles. The maximum Gasteiger partial charge on any atom is 0.341 e. The van der Waals surface area contributed by atoms with Gasteiger partial charge in [0.2, 0.25) is 0 Å². The summed E-state index contributed by atoms with van der Waals surface area (Å²) in [5, 5.41) is 12.0. The number of cyclic esters (lactones) is 1. The molecular formula is C20H25NO4. The van der Waals surface area contributed by atoms with Gasteiger partial charge in [-0.2, -0.15) is 0 Å². The van der Waals surface area contributed by atoms with Gasteiger partial charge in [0, 0.05) is 19.0 Å². The van der Waals surface area contributed by atoms with E-state index in [4.69, 9.17) is 9.84 Å². The number of anilines is 1. The van der Waals surface area contributed by atoms with Crippen LogP contribution in [0.15, 0.2) is 24.3 Å². The van der Waals surface area contributed by atoms with Gasteiger partial charge in [-0.05, 0) is 49.8 Å². The molecule has 0 fully saturated rings. The van der Waals surface area contributed by atoms with Crippen LogP contribution >= 0.6 is 0 Å². The highest BCUT2D eigenvalue weighted by Gasteiger charge is 2.30. The molecule has 0 aromatic heterocycles. The molecule has 0 unspecified atom stereocenters. The van der Waals surface area contributed by atoms with Gasteiger partial charge in [-0.15, -0.1) is 6.58 Å². The molecule has 5 nitrogen and oxygen atoms in total. The third kappa shape index (κ3) is 3.92. The van der Waals surface area contributed by atoms with Crippen molar-refractivity contribution in [3.63, 3.8) is 0 Å². The minimum absolute atomic E-state index is 0.121. The van der Waals surface area contributed by atoms with Crippen molar-refractivity contribution in [3.05, 3.63) is 52.1 Å². The number of ether oxygens (including phenoxy) is 1. The smallest absolute Gasteiger partial charge is 0.341 e. The van der Waals surface area contributed by atoms with Gasteiger partial charge < -0.3 is 15.2 Å². The van der Waals surface area contributed by atoms with Crippen molar-refractivity contribution >= 4 is 17.6 Å². The third-order valence-electron chi connectivity index (χ3n) is 4.66. The van der Waals surface area contributed by atoms with E-state index in [-0.39, 0.29) is 12.4 Å². The van der Waals surface area contributed by atoms with Crippen molar-refractivity contribution < 1.29 is 19.4 Å². The highest BCUT2D eigenvalue weighted by atomic mass is 16.5. The van der Waals surface area contributed by atoms with E-state index in [0.717, 1.165) is 33.5 Å². The summed E-state index contributed by atoms with van der Waals surface area (Å²) in [5.74, 6) is -1.09. The van der Waals surface area contributed by atoms with E-state index < -0.39 is 5.97 Å². The molecule has 1 aliphatic rings. The van der Waals surface area contributed by atoms with Crippen LogP contribution < -0.4 is 5.32 Å². The lowest BCUT2D eigenvalue weighted by Crippen LogP contribution is -2.10. The Balaban J connectivity index is 2.48. The molecule has 25 heavy (non-hydrogen) atoms. The number of carboxylic acids is 1. The van der Waals surface area contributed by atoms with Gasteiger partial charge in [-0.25, -0.2) is 4.79 Å². The van der Waals surface area contributed by atoms with Crippen LogP contribution in [0.1, 0.15) is 52.4 Å². The fraction of sp³-hybridized carbons (Fsp3) is 0.400. The Morgan fingerprint density at radius 2 is 2.04 bits per heavy atom. The predicted octanol–water partition coefficient (Wildman–Crippen LogP) is 3.79. The van der Waals surface area contributed by atoms with Gasteiger partial charge in [0.15, 0.2) is 0 Å². The molecule has 134 valence electrons. The lowest BCUT2D eigenvalue weighted by molar-refractivity contribution is -0.136. The maximum absolute atomic E-state index is 12.2. The molecule has 2 rings (SSSR count). The molecule has 5 heteroatoms. The summed E-state index contributed by atoms with van der Waals surface area (Å²) in [4.78, 5) is 22.9. The molecule has 0 radical (unpaired) electrons. The van der Waals surface area contributed by atoms with E-state index in [2.05, 4.69) is 11.9 Å². The van der Waals surface area contributed by atoms with Crippen LogP contribution in [0.3, 0.4) is 0 Å². The van der Waals surface area contributed by atoms with Crippen molar-refractivity contribution in [3.8, 4) is 0 Å². The first kappa shape index (κ1) is 18.8. The molecular weight excluding hydrogens is 318 g/mol. The van der Waals surface area contributed by atoms with Gasteiger partial charge in [0.1, 0.15) is 6.61 Å². The monoisotopic (exact) mass is 343 g/mol. The molecule has 0 spiro atoms. The second-order valence-electron chi connectivity index (χ2n) is 6.28. The van der Waals surface area contributed by atoms with E-state index in [1.165, 1.54) is 0 Å². The first-order chi connectivity index (χ1) is 11.9. The minimum atomic E-state index is -0.799. The molecule has 0 saturated heterocycles. The first-order valence-electron chi connectivity index (χ1n) is 8.41. The van der Waals surface area contributed by atoms with Gasteiger partial charge in [-0.3, -0.25) is 4.79 Å². The third-order valence-corrected chi connectivity index (χ3v) is 4.66. The SMILES string of the molecule is C=CCc1c(C)c2c(c(NC)c1CC=C(C)CCC(=O)O)C(=O)OC2. The molecule has 0 aliphatic carbocycles. The van der Waals surface area contributed by atoms with Gasteiger partial charge in [-0.1, -0.05) is 17.7 Å². The predicted molar refractivity (Wildman–Crippen MR) is 98.1 cm³/mol. The summed E-state index contributed by atoms with van der Waals surface area (Å²) >= 11 is 0. The van der Waals surface area contributed by atoms with Crippen LogP contribution in [0.5, 0.6) is 0 Å². The number of carboxylic acid groups (broad SMARTS) is 1. The van der Waals surface area contributed by atoms with Gasteiger partial charge in [0.25, 0.3) is 0 Å². The Hall–Kier alpha value is -2.56. The number of hydrogen-bond acceptors (Lipinski definition) is 4. The molecule has 0 atom stereocenters. The fourth-order valence-electron chi connectivity index (χ4n) is 3.27. The Morgan fingerprint density at radius 3 is 2.64 bits per heavy atom. The highest BCUT2D eigenvalue weighted by molar-refractivity contribution is 6.01. The van der Waals surface area contributed by atoms with Crippen LogP contribution in [0.4, 0.5) is 5.69 Å². The van der Waals surface area contributed by atoms with E-state index >= 15 is 0 Å². The number of rotatable bonds is 8.